The van der Waals surface area contributed by atoms with Gasteiger partial charge >= 0.3 is 0 Å². The van der Waals surface area contributed by atoms with Gasteiger partial charge in [-0.3, -0.25) is 4.79 Å². The van der Waals surface area contributed by atoms with Crippen LogP contribution >= 0.6 is 11.6 Å². The van der Waals surface area contributed by atoms with Gasteiger partial charge in [-0.2, -0.15) is 5.26 Å². The topological polar surface area (TPSA) is 71.3 Å². The molecule has 0 atom stereocenters. The van der Waals surface area contributed by atoms with Gasteiger partial charge in [-0.15, -0.1) is 0 Å². The smallest absolute Gasteiger partial charge is 0.262 e. The summed E-state index contributed by atoms with van der Waals surface area (Å²) in [4.78, 5) is 12.2. The van der Waals surface area contributed by atoms with Crippen LogP contribution in [0.5, 0.6) is 11.5 Å². The summed E-state index contributed by atoms with van der Waals surface area (Å²) in [7, 11) is 0. The molecule has 0 saturated heterocycles. The Kier molecular flexibility index (Phi) is 4.56. The van der Waals surface area contributed by atoms with Crippen LogP contribution in [0.4, 0.5) is 5.69 Å². The summed E-state index contributed by atoms with van der Waals surface area (Å²) in [6, 6.07) is 12.3. The van der Waals surface area contributed by atoms with Crippen LogP contribution in [-0.2, 0) is 11.2 Å². The maximum absolute atomic E-state index is 12.2. The molecule has 0 spiro atoms. The number of amides is 1. The molecule has 2 aromatic rings. The molecule has 1 aliphatic heterocycles. The number of hydrogen-bond acceptors (Lipinski definition) is 4. The molecular weight excluding hydrogens is 340 g/mol. The molecule has 25 heavy (non-hydrogen) atoms. The molecule has 0 aliphatic carbocycles. The van der Waals surface area contributed by atoms with Crippen molar-refractivity contribution in [1.82, 2.24) is 0 Å². The van der Waals surface area contributed by atoms with Crippen LogP contribution in [0.1, 0.15) is 25.0 Å². The van der Waals surface area contributed by atoms with Crippen molar-refractivity contribution < 1.29 is 14.3 Å². The minimum absolute atomic E-state index is 0.197. The van der Waals surface area contributed by atoms with E-state index in [2.05, 4.69) is 5.32 Å². The summed E-state index contributed by atoms with van der Waals surface area (Å²) in [5, 5.41) is 12.2. The molecule has 0 unspecified atom stereocenters. The number of para-hydroxylation sites is 1. The van der Waals surface area contributed by atoms with Crippen molar-refractivity contribution in [1.29, 1.82) is 5.26 Å². The minimum Gasteiger partial charge on any atom is -0.483 e. The van der Waals surface area contributed by atoms with Crippen molar-refractivity contribution >= 4 is 23.2 Å². The van der Waals surface area contributed by atoms with Crippen LogP contribution in [0, 0.1) is 11.3 Å². The number of fused-ring (bicyclic) bond motifs is 1. The summed E-state index contributed by atoms with van der Waals surface area (Å²) >= 11 is 5.91. The largest absolute Gasteiger partial charge is 0.483 e. The highest BCUT2D eigenvalue weighted by atomic mass is 35.5. The fourth-order valence-corrected chi connectivity index (χ4v) is 2.92. The Hall–Kier alpha value is -2.71. The molecule has 1 amide bonds. The van der Waals surface area contributed by atoms with E-state index < -0.39 is 0 Å². The Bertz CT molecular complexity index is 871. The first-order valence-electron chi connectivity index (χ1n) is 7.81. The number of ether oxygens (including phenoxy) is 2. The van der Waals surface area contributed by atoms with Crippen LogP contribution in [0.3, 0.4) is 0 Å². The van der Waals surface area contributed by atoms with E-state index in [1.165, 1.54) is 6.07 Å². The maximum atomic E-state index is 12.2. The van der Waals surface area contributed by atoms with Crippen molar-refractivity contribution in [3.63, 3.8) is 0 Å². The Balaban J connectivity index is 1.68. The number of carbonyl (C=O) groups is 1. The lowest BCUT2D eigenvalue weighted by Gasteiger charge is -2.18. The first-order chi connectivity index (χ1) is 11.9. The van der Waals surface area contributed by atoms with Crippen molar-refractivity contribution in [3.05, 3.63) is 52.5 Å². The number of halogens is 1. The summed E-state index contributed by atoms with van der Waals surface area (Å²) in [5.74, 6) is 0.833. The lowest BCUT2D eigenvalue weighted by molar-refractivity contribution is -0.118. The number of rotatable bonds is 4. The van der Waals surface area contributed by atoms with Crippen LogP contribution in [0.2, 0.25) is 5.02 Å². The minimum atomic E-state index is -0.381. The third-order valence-corrected chi connectivity index (χ3v) is 4.02. The molecule has 0 fully saturated rings. The number of carbonyl (C=O) groups excluding carboxylic acids is 1. The number of benzene rings is 2. The van der Waals surface area contributed by atoms with E-state index in [1.54, 1.807) is 18.2 Å². The van der Waals surface area contributed by atoms with Gasteiger partial charge in [-0.05, 0) is 38.1 Å². The molecular formula is C19H17ClN2O3. The number of hydrogen-bond donors (Lipinski definition) is 1. The Morgan fingerprint density at radius 3 is 2.96 bits per heavy atom. The molecule has 0 bridgehead atoms. The summed E-state index contributed by atoms with van der Waals surface area (Å²) in [6.45, 7) is 3.82. The van der Waals surface area contributed by atoms with Crippen LogP contribution in [0.25, 0.3) is 0 Å². The lowest BCUT2D eigenvalue weighted by Crippen LogP contribution is -2.25. The van der Waals surface area contributed by atoms with Gasteiger partial charge in [0.1, 0.15) is 11.7 Å². The van der Waals surface area contributed by atoms with Crippen molar-refractivity contribution in [2.24, 2.45) is 0 Å². The normalized spacial score (nSPS) is 14.2. The molecule has 1 N–H and O–H groups in total. The van der Waals surface area contributed by atoms with E-state index in [9.17, 15) is 4.79 Å². The van der Waals surface area contributed by atoms with Gasteiger partial charge in [-0.1, -0.05) is 23.7 Å². The highest BCUT2D eigenvalue weighted by Crippen LogP contribution is 2.41. The van der Waals surface area contributed by atoms with Crippen molar-refractivity contribution in [2.45, 2.75) is 25.9 Å². The second-order valence-electron chi connectivity index (χ2n) is 6.42. The van der Waals surface area contributed by atoms with Gasteiger partial charge in [0.15, 0.2) is 18.1 Å². The highest BCUT2D eigenvalue weighted by molar-refractivity contribution is 6.31. The maximum Gasteiger partial charge on any atom is 0.262 e. The molecule has 1 aliphatic rings. The monoisotopic (exact) mass is 356 g/mol. The SMILES string of the molecule is CC1(C)Cc2cccc(OCC(=O)Nc3cc(Cl)ccc3C#N)c2O1. The second kappa shape index (κ2) is 6.66. The van der Waals surface area contributed by atoms with Crippen molar-refractivity contribution in [3.8, 4) is 17.6 Å². The van der Waals surface area contributed by atoms with E-state index in [4.69, 9.17) is 26.3 Å². The zero-order valence-electron chi connectivity index (χ0n) is 13.9. The molecule has 6 heteroatoms. The van der Waals surface area contributed by atoms with Crippen LogP contribution < -0.4 is 14.8 Å². The molecule has 2 aromatic carbocycles. The average Bonchev–Trinajstić information content (AvgIpc) is 2.87. The third kappa shape index (κ3) is 3.86. The number of anilines is 1. The molecule has 0 radical (unpaired) electrons. The van der Waals surface area contributed by atoms with Crippen LogP contribution in [-0.4, -0.2) is 18.1 Å². The Morgan fingerprint density at radius 1 is 1.40 bits per heavy atom. The average molecular weight is 357 g/mol. The summed E-state index contributed by atoms with van der Waals surface area (Å²) in [5.41, 5.74) is 1.47. The van der Waals surface area contributed by atoms with E-state index in [0.29, 0.717) is 27.8 Å². The van der Waals surface area contributed by atoms with E-state index in [0.717, 1.165) is 12.0 Å². The first kappa shape index (κ1) is 17.1. The Morgan fingerprint density at radius 2 is 2.20 bits per heavy atom. The molecule has 3 rings (SSSR count). The molecule has 0 aromatic heterocycles. The molecule has 1 heterocycles. The molecule has 128 valence electrons. The predicted molar refractivity (Wildman–Crippen MR) is 95.1 cm³/mol. The molecule has 5 nitrogen and oxygen atoms in total. The van der Waals surface area contributed by atoms with E-state index in [-0.39, 0.29) is 18.1 Å². The zero-order chi connectivity index (χ0) is 18.0. The number of nitrogens with zero attached hydrogens (tertiary/aromatic N) is 1. The highest BCUT2D eigenvalue weighted by Gasteiger charge is 2.32. The quantitative estimate of drug-likeness (QED) is 0.900. The summed E-state index contributed by atoms with van der Waals surface area (Å²) in [6.07, 6.45) is 0.791. The fourth-order valence-electron chi connectivity index (χ4n) is 2.75. The van der Waals surface area contributed by atoms with Gasteiger partial charge in [0.25, 0.3) is 5.91 Å². The number of nitriles is 1. The van der Waals surface area contributed by atoms with E-state index >= 15 is 0 Å². The third-order valence-electron chi connectivity index (χ3n) is 3.79. The lowest BCUT2D eigenvalue weighted by atomic mass is 10.0. The first-order valence-corrected chi connectivity index (χ1v) is 8.19. The van der Waals surface area contributed by atoms with E-state index in [1.807, 2.05) is 32.0 Å². The van der Waals surface area contributed by atoms with Crippen LogP contribution in [0.15, 0.2) is 36.4 Å². The van der Waals surface area contributed by atoms with Gasteiger partial charge in [-0.25, -0.2) is 0 Å². The standard InChI is InChI=1S/C19H17ClN2O3/c1-19(2)9-12-4-3-5-16(18(12)25-19)24-11-17(23)22-15-8-14(20)7-6-13(15)10-21/h3-8H,9,11H2,1-2H3,(H,22,23). The van der Waals surface area contributed by atoms with Gasteiger partial charge in [0.05, 0.1) is 11.3 Å². The predicted octanol–water partition coefficient (Wildman–Crippen LogP) is 3.94. The second-order valence-corrected chi connectivity index (χ2v) is 6.86. The van der Waals surface area contributed by atoms with Gasteiger partial charge in [0, 0.05) is 17.0 Å². The number of nitrogens with one attached hydrogen (secondary N) is 1. The van der Waals surface area contributed by atoms with Gasteiger partial charge in [0.2, 0.25) is 0 Å². The zero-order valence-corrected chi connectivity index (χ0v) is 14.7. The Labute approximate surface area is 151 Å². The van der Waals surface area contributed by atoms with Crippen molar-refractivity contribution in [2.75, 3.05) is 11.9 Å². The van der Waals surface area contributed by atoms with Gasteiger partial charge < -0.3 is 14.8 Å². The fraction of sp³-hybridized carbons (Fsp3) is 0.263. The molecule has 0 saturated carbocycles. The summed E-state index contributed by atoms with van der Waals surface area (Å²) < 4.78 is 11.5.